The van der Waals surface area contributed by atoms with Crippen LogP contribution in [0.25, 0.3) is 0 Å². The van der Waals surface area contributed by atoms with Gasteiger partial charge >= 0.3 is 0 Å². The van der Waals surface area contributed by atoms with Crippen LogP contribution in [0.5, 0.6) is 0 Å². The summed E-state index contributed by atoms with van der Waals surface area (Å²) in [7, 11) is 0. The average molecular weight is 257 g/mol. The largest absolute Gasteiger partial charge is 0.321 e. The van der Waals surface area contributed by atoms with Crippen molar-refractivity contribution in [2.24, 2.45) is 5.92 Å². The third-order valence-electron chi connectivity index (χ3n) is 3.63. The van der Waals surface area contributed by atoms with Crippen LogP contribution in [0.15, 0.2) is 30.9 Å². The van der Waals surface area contributed by atoms with E-state index in [4.69, 9.17) is 0 Å². The van der Waals surface area contributed by atoms with Crippen molar-refractivity contribution in [3.63, 3.8) is 0 Å². The van der Waals surface area contributed by atoms with E-state index in [9.17, 15) is 0 Å². The summed E-state index contributed by atoms with van der Waals surface area (Å²) in [5, 5.41) is 7.56. The second-order valence-corrected chi connectivity index (χ2v) is 5.15. The van der Waals surface area contributed by atoms with Crippen LogP contribution in [0.3, 0.4) is 0 Å². The first-order valence-electron chi connectivity index (χ1n) is 6.96. The molecule has 0 bridgehead atoms. The Labute approximate surface area is 113 Å². The number of nitrogens with zero attached hydrogens (tertiary/aromatic N) is 4. The van der Waals surface area contributed by atoms with Crippen LogP contribution in [0.4, 0.5) is 11.6 Å². The van der Waals surface area contributed by atoms with E-state index in [0.29, 0.717) is 5.95 Å². The lowest BCUT2D eigenvalue weighted by atomic mass is 9.89. The molecule has 0 spiro atoms. The van der Waals surface area contributed by atoms with Crippen molar-refractivity contribution in [3.05, 3.63) is 30.9 Å². The molecule has 19 heavy (non-hydrogen) atoms. The second-order valence-electron chi connectivity index (χ2n) is 5.15. The van der Waals surface area contributed by atoms with Gasteiger partial charge in [0.25, 0.3) is 0 Å². The Morgan fingerprint density at radius 2 is 1.95 bits per heavy atom. The van der Waals surface area contributed by atoms with Gasteiger partial charge in [-0.2, -0.15) is 5.10 Å². The van der Waals surface area contributed by atoms with E-state index in [1.165, 1.54) is 32.1 Å². The van der Waals surface area contributed by atoms with Gasteiger partial charge in [0.2, 0.25) is 5.95 Å². The Morgan fingerprint density at radius 1 is 1.16 bits per heavy atom. The van der Waals surface area contributed by atoms with Crippen molar-refractivity contribution < 1.29 is 0 Å². The molecule has 3 rings (SSSR count). The van der Waals surface area contributed by atoms with Crippen LogP contribution in [-0.4, -0.2) is 19.7 Å². The quantitative estimate of drug-likeness (QED) is 0.914. The molecule has 0 aliphatic heterocycles. The van der Waals surface area contributed by atoms with E-state index < -0.39 is 0 Å². The van der Waals surface area contributed by atoms with Gasteiger partial charge in [-0.15, -0.1) is 0 Å². The highest BCUT2D eigenvalue weighted by Gasteiger charge is 2.14. The van der Waals surface area contributed by atoms with Crippen LogP contribution < -0.4 is 5.32 Å². The third-order valence-corrected chi connectivity index (χ3v) is 3.63. The molecule has 0 saturated heterocycles. The first kappa shape index (κ1) is 12.1. The molecule has 0 aromatic carbocycles. The van der Waals surface area contributed by atoms with E-state index in [1.807, 2.05) is 17.1 Å². The lowest BCUT2D eigenvalue weighted by Crippen LogP contribution is -2.14. The lowest BCUT2D eigenvalue weighted by Gasteiger charge is -2.21. The monoisotopic (exact) mass is 257 g/mol. The molecule has 1 fully saturated rings. The molecule has 0 atom stereocenters. The Balaban J connectivity index is 1.59. The van der Waals surface area contributed by atoms with Gasteiger partial charge in [-0.3, -0.25) is 4.68 Å². The third kappa shape index (κ3) is 3.30. The lowest BCUT2D eigenvalue weighted by molar-refractivity contribution is 0.308. The van der Waals surface area contributed by atoms with Gasteiger partial charge in [-0.1, -0.05) is 19.3 Å². The van der Waals surface area contributed by atoms with Crippen LogP contribution in [-0.2, 0) is 6.54 Å². The first-order valence-corrected chi connectivity index (χ1v) is 6.96. The number of anilines is 2. The van der Waals surface area contributed by atoms with Gasteiger partial charge < -0.3 is 5.32 Å². The zero-order valence-corrected chi connectivity index (χ0v) is 11.0. The fourth-order valence-electron chi connectivity index (χ4n) is 2.65. The highest BCUT2D eigenvalue weighted by atomic mass is 15.3. The SMILES string of the molecule is c1cnc(Nc2cnn(CC3CCCCC3)c2)nc1. The van der Waals surface area contributed by atoms with Gasteiger partial charge in [0, 0.05) is 25.1 Å². The van der Waals surface area contributed by atoms with Gasteiger partial charge in [0.1, 0.15) is 0 Å². The summed E-state index contributed by atoms with van der Waals surface area (Å²) in [5.41, 5.74) is 0.946. The maximum Gasteiger partial charge on any atom is 0.227 e. The molecule has 2 heterocycles. The molecular formula is C14H19N5. The van der Waals surface area contributed by atoms with Crippen molar-refractivity contribution in [2.45, 2.75) is 38.6 Å². The zero-order chi connectivity index (χ0) is 12.9. The van der Waals surface area contributed by atoms with Crippen molar-refractivity contribution in [1.82, 2.24) is 19.7 Å². The molecule has 5 nitrogen and oxygen atoms in total. The minimum Gasteiger partial charge on any atom is -0.321 e. The molecule has 5 heteroatoms. The Bertz CT molecular complexity index is 502. The van der Waals surface area contributed by atoms with Crippen LogP contribution in [0, 0.1) is 5.92 Å². The summed E-state index contributed by atoms with van der Waals surface area (Å²) in [6, 6.07) is 1.80. The molecule has 1 aliphatic rings. The smallest absolute Gasteiger partial charge is 0.227 e. The molecule has 100 valence electrons. The molecule has 1 aliphatic carbocycles. The van der Waals surface area contributed by atoms with Gasteiger partial charge in [-0.25, -0.2) is 9.97 Å². The van der Waals surface area contributed by atoms with Gasteiger partial charge in [-0.05, 0) is 24.8 Å². The summed E-state index contributed by atoms with van der Waals surface area (Å²) >= 11 is 0. The predicted molar refractivity (Wildman–Crippen MR) is 74.1 cm³/mol. The predicted octanol–water partition coefficient (Wildman–Crippen LogP) is 3.00. The number of hydrogen-bond acceptors (Lipinski definition) is 4. The number of rotatable bonds is 4. The average Bonchev–Trinajstić information content (AvgIpc) is 2.88. The van der Waals surface area contributed by atoms with E-state index in [-0.39, 0.29) is 0 Å². The molecule has 0 amide bonds. The second kappa shape index (κ2) is 5.82. The number of hydrogen-bond donors (Lipinski definition) is 1. The fraction of sp³-hybridized carbons (Fsp3) is 0.500. The van der Waals surface area contributed by atoms with E-state index in [1.54, 1.807) is 18.5 Å². The summed E-state index contributed by atoms with van der Waals surface area (Å²) in [4.78, 5) is 8.28. The highest BCUT2D eigenvalue weighted by molar-refractivity contribution is 5.49. The normalized spacial score (nSPS) is 16.4. The minimum atomic E-state index is 0.611. The maximum atomic E-state index is 4.41. The number of aromatic nitrogens is 4. The molecule has 0 unspecified atom stereocenters. The van der Waals surface area contributed by atoms with Crippen LogP contribution in [0.1, 0.15) is 32.1 Å². The maximum absolute atomic E-state index is 4.41. The molecular weight excluding hydrogens is 238 g/mol. The minimum absolute atomic E-state index is 0.611. The summed E-state index contributed by atoms with van der Waals surface area (Å²) < 4.78 is 2.03. The van der Waals surface area contributed by atoms with E-state index in [2.05, 4.69) is 20.4 Å². The van der Waals surface area contributed by atoms with Crippen molar-refractivity contribution in [3.8, 4) is 0 Å². The van der Waals surface area contributed by atoms with Crippen LogP contribution in [0.2, 0.25) is 0 Å². The summed E-state index contributed by atoms with van der Waals surface area (Å²) in [5.74, 6) is 1.40. The first-order chi connectivity index (χ1) is 9.40. The van der Waals surface area contributed by atoms with Crippen molar-refractivity contribution in [1.29, 1.82) is 0 Å². The molecule has 2 aromatic rings. The Morgan fingerprint density at radius 3 is 2.74 bits per heavy atom. The zero-order valence-electron chi connectivity index (χ0n) is 11.0. The topological polar surface area (TPSA) is 55.6 Å². The van der Waals surface area contributed by atoms with Gasteiger partial charge in [0.15, 0.2) is 0 Å². The summed E-state index contributed by atoms with van der Waals surface area (Å²) in [6.07, 6.45) is 14.1. The fourth-order valence-corrected chi connectivity index (χ4v) is 2.65. The van der Waals surface area contributed by atoms with E-state index >= 15 is 0 Å². The highest BCUT2D eigenvalue weighted by Crippen LogP contribution is 2.25. The molecule has 1 saturated carbocycles. The Hall–Kier alpha value is -1.91. The summed E-state index contributed by atoms with van der Waals surface area (Å²) in [6.45, 7) is 1.03. The van der Waals surface area contributed by atoms with Crippen molar-refractivity contribution >= 4 is 11.6 Å². The van der Waals surface area contributed by atoms with Crippen molar-refractivity contribution in [2.75, 3.05) is 5.32 Å². The molecule has 2 aromatic heterocycles. The van der Waals surface area contributed by atoms with Gasteiger partial charge in [0.05, 0.1) is 11.9 Å². The standard InChI is InChI=1S/C14H19N5/c1-2-5-12(6-3-1)10-19-11-13(9-17-19)18-14-15-7-4-8-16-14/h4,7-9,11-12H,1-3,5-6,10H2,(H,15,16,18). The van der Waals surface area contributed by atoms with E-state index in [0.717, 1.165) is 18.2 Å². The molecule has 0 radical (unpaired) electrons. The molecule has 1 N–H and O–H groups in total. The van der Waals surface area contributed by atoms with Crippen LogP contribution >= 0.6 is 0 Å². The Kier molecular flexibility index (Phi) is 3.72. The number of nitrogens with one attached hydrogen (secondary N) is 1.